The molecule has 1 N–H and O–H groups in total. The first-order valence-corrected chi connectivity index (χ1v) is 9.05. The molecule has 3 rings (SSSR count). The fraction of sp³-hybridized carbons (Fsp3) is 0.350. The molecule has 0 aromatic heterocycles. The topological polar surface area (TPSA) is 41.6 Å². The Balaban J connectivity index is 1.52. The maximum absolute atomic E-state index is 13.9. The smallest absolute Gasteiger partial charge is 0.227 e. The van der Waals surface area contributed by atoms with Crippen molar-refractivity contribution in [2.75, 3.05) is 25.5 Å². The number of carbonyl (C=O) groups excluding carboxylic acids is 1. The normalized spacial score (nSPS) is 15.7. The zero-order valence-electron chi connectivity index (χ0n) is 14.7. The summed E-state index contributed by atoms with van der Waals surface area (Å²) in [4.78, 5) is 14.6. The second-order valence-electron chi connectivity index (χ2n) is 6.47. The average molecular weight is 377 g/mol. The Morgan fingerprint density at radius 2 is 1.92 bits per heavy atom. The quantitative estimate of drug-likeness (QED) is 0.844. The van der Waals surface area contributed by atoms with Gasteiger partial charge in [-0.2, -0.15) is 0 Å². The lowest BCUT2D eigenvalue weighted by Gasteiger charge is -2.31. The number of ether oxygens (including phenoxy) is 1. The molecule has 4 nitrogen and oxygen atoms in total. The number of methoxy groups -OCH3 is 1. The van der Waals surface area contributed by atoms with Crippen molar-refractivity contribution in [3.63, 3.8) is 0 Å². The van der Waals surface area contributed by atoms with Crippen molar-refractivity contribution in [3.8, 4) is 5.75 Å². The van der Waals surface area contributed by atoms with Crippen molar-refractivity contribution in [2.24, 2.45) is 5.92 Å². The predicted octanol–water partition coefficient (Wildman–Crippen LogP) is 4.34. The van der Waals surface area contributed by atoms with Crippen LogP contribution in [0.15, 0.2) is 42.5 Å². The second kappa shape index (κ2) is 8.52. The molecule has 0 saturated carbocycles. The molecule has 6 heteroatoms. The molecule has 2 aromatic carbocycles. The lowest BCUT2D eigenvalue weighted by atomic mass is 9.95. The highest BCUT2D eigenvalue weighted by Crippen LogP contribution is 2.25. The van der Waals surface area contributed by atoms with Crippen LogP contribution >= 0.6 is 11.6 Å². The van der Waals surface area contributed by atoms with Gasteiger partial charge < -0.3 is 10.1 Å². The SMILES string of the molecule is COc1ccc(NC(=O)C2CCN(Cc3c(F)cccc3Cl)CC2)cc1. The molecule has 1 saturated heterocycles. The standard InChI is InChI=1S/C20H22ClFN2O2/c1-26-16-7-5-15(6-8-16)23-20(25)14-9-11-24(12-10-14)13-17-18(21)3-2-4-19(17)22/h2-8,14H,9-13H2,1H3,(H,23,25). The molecule has 1 aliphatic rings. The summed E-state index contributed by atoms with van der Waals surface area (Å²) >= 11 is 6.10. The van der Waals surface area contributed by atoms with Gasteiger partial charge in [0.15, 0.2) is 0 Å². The maximum atomic E-state index is 13.9. The van der Waals surface area contributed by atoms with Crippen LogP contribution in [0, 0.1) is 11.7 Å². The zero-order valence-corrected chi connectivity index (χ0v) is 15.4. The lowest BCUT2D eigenvalue weighted by Crippen LogP contribution is -2.38. The van der Waals surface area contributed by atoms with Crippen LogP contribution < -0.4 is 10.1 Å². The van der Waals surface area contributed by atoms with E-state index in [-0.39, 0.29) is 17.6 Å². The Morgan fingerprint density at radius 1 is 1.23 bits per heavy atom. The number of nitrogens with one attached hydrogen (secondary N) is 1. The first-order chi connectivity index (χ1) is 12.6. The minimum atomic E-state index is -0.281. The monoisotopic (exact) mass is 376 g/mol. The Labute approximate surface area is 157 Å². The van der Waals surface area contributed by atoms with Crippen LogP contribution in [0.1, 0.15) is 18.4 Å². The van der Waals surface area contributed by atoms with E-state index in [1.807, 2.05) is 24.3 Å². The van der Waals surface area contributed by atoms with E-state index < -0.39 is 0 Å². The summed E-state index contributed by atoms with van der Waals surface area (Å²) in [6, 6.07) is 12.0. The summed E-state index contributed by atoms with van der Waals surface area (Å²) in [5.74, 6) is 0.461. The van der Waals surface area contributed by atoms with Gasteiger partial charge in [0, 0.05) is 28.7 Å². The molecule has 2 aromatic rings. The number of carbonyl (C=O) groups is 1. The fourth-order valence-electron chi connectivity index (χ4n) is 3.18. The van der Waals surface area contributed by atoms with Crippen molar-refractivity contribution < 1.29 is 13.9 Å². The molecule has 26 heavy (non-hydrogen) atoms. The van der Waals surface area contributed by atoms with Gasteiger partial charge in [0.05, 0.1) is 7.11 Å². The number of rotatable bonds is 5. The summed E-state index contributed by atoms with van der Waals surface area (Å²) in [5.41, 5.74) is 1.28. The third-order valence-corrected chi connectivity index (χ3v) is 5.11. The number of nitrogens with zero attached hydrogens (tertiary/aromatic N) is 1. The highest BCUT2D eigenvalue weighted by Gasteiger charge is 2.26. The van der Waals surface area contributed by atoms with Crippen LogP contribution in [0.5, 0.6) is 5.75 Å². The van der Waals surface area contributed by atoms with Gasteiger partial charge in [-0.1, -0.05) is 17.7 Å². The lowest BCUT2D eigenvalue weighted by molar-refractivity contribution is -0.121. The summed E-state index contributed by atoms with van der Waals surface area (Å²) in [6.45, 7) is 1.95. The van der Waals surface area contributed by atoms with Crippen LogP contribution in [0.3, 0.4) is 0 Å². The van der Waals surface area contributed by atoms with E-state index in [0.29, 0.717) is 17.1 Å². The third-order valence-electron chi connectivity index (χ3n) is 4.76. The van der Waals surface area contributed by atoms with Gasteiger partial charge in [-0.15, -0.1) is 0 Å². The van der Waals surface area contributed by atoms with Gasteiger partial charge >= 0.3 is 0 Å². The molecule has 0 unspecified atom stereocenters. The zero-order chi connectivity index (χ0) is 18.5. The van der Waals surface area contributed by atoms with Crippen molar-refractivity contribution in [2.45, 2.75) is 19.4 Å². The molecule has 0 spiro atoms. The maximum Gasteiger partial charge on any atom is 0.227 e. The van der Waals surface area contributed by atoms with E-state index in [2.05, 4.69) is 10.2 Å². The van der Waals surface area contributed by atoms with Gasteiger partial charge in [0.25, 0.3) is 0 Å². The van der Waals surface area contributed by atoms with E-state index in [1.54, 1.807) is 19.2 Å². The van der Waals surface area contributed by atoms with E-state index in [1.165, 1.54) is 6.07 Å². The van der Waals surface area contributed by atoms with Gasteiger partial charge in [-0.25, -0.2) is 4.39 Å². The largest absolute Gasteiger partial charge is 0.497 e. The van der Waals surface area contributed by atoms with Crippen LogP contribution in [0.4, 0.5) is 10.1 Å². The van der Waals surface area contributed by atoms with E-state index in [4.69, 9.17) is 16.3 Å². The molecule has 0 atom stereocenters. The van der Waals surface area contributed by atoms with Crippen LogP contribution in [-0.4, -0.2) is 31.0 Å². The molecule has 0 bridgehead atoms. The number of anilines is 1. The molecule has 0 aliphatic carbocycles. The summed E-state index contributed by atoms with van der Waals surface area (Å²) in [7, 11) is 1.61. The molecule has 1 fully saturated rings. The first-order valence-electron chi connectivity index (χ1n) is 8.67. The highest BCUT2D eigenvalue weighted by atomic mass is 35.5. The molecule has 138 valence electrons. The minimum absolute atomic E-state index is 0.0266. The van der Waals surface area contributed by atoms with E-state index in [0.717, 1.165) is 37.4 Å². The second-order valence-corrected chi connectivity index (χ2v) is 6.88. The number of piperidine rings is 1. The van der Waals surface area contributed by atoms with Crippen LogP contribution in [0.2, 0.25) is 5.02 Å². The third kappa shape index (κ3) is 4.54. The predicted molar refractivity (Wildman–Crippen MR) is 101 cm³/mol. The minimum Gasteiger partial charge on any atom is -0.497 e. The molecule has 0 radical (unpaired) electrons. The number of benzene rings is 2. The Hall–Kier alpha value is -2.11. The fourth-order valence-corrected chi connectivity index (χ4v) is 3.40. The molecule has 1 aliphatic heterocycles. The Morgan fingerprint density at radius 3 is 2.54 bits per heavy atom. The van der Waals surface area contributed by atoms with Gasteiger partial charge in [-0.05, 0) is 62.3 Å². The number of amides is 1. The summed E-state index contributed by atoms with van der Waals surface area (Å²) in [6.07, 6.45) is 1.49. The summed E-state index contributed by atoms with van der Waals surface area (Å²) < 4.78 is 19.0. The average Bonchev–Trinajstić information content (AvgIpc) is 2.66. The van der Waals surface area contributed by atoms with Gasteiger partial charge in [0.2, 0.25) is 5.91 Å². The number of hydrogen-bond acceptors (Lipinski definition) is 3. The van der Waals surface area contributed by atoms with Crippen molar-refractivity contribution >= 4 is 23.2 Å². The molecule has 1 amide bonds. The van der Waals surface area contributed by atoms with Gasteiger partial charge in [-0.3, -0.25) is 9.69 Å². The van der Waals surface area contributed by atoms with Crippen molar-refractivity contribution in [1.29, 1.82) is 0 Å². The number of likely N-dealkylation sites (tertiary alicyclic amines) is 1. The van der Waals surface area contributed by atoms with Gasteiger partial charge in [0.1, 0.15) is 11.6 Å². The Kier molecular flexibility index (Phi) is 6.12. The van der Waals surface area contributed by atoms with E-state index in [9.17, 15) is 9.18 Å². The van der Waals surface area contributed by atoms with Crippen molar-refractivity contribution in [1.82, 2.24) is 4.90 Å². The first kappa shape index (κ1) is 18.7. The molecular formula is C20H22ClFN2O2. The van der Waals surface area contributed by atoms with Crippen LogP contribution in [0.25, 0.3) is 0 Å². The van der Waals surface area contributed by atoms with E-state index >= 15 is 0 Å². The number of hydrogen-bond donors (Lipinski definition) is 1. The Bertz CT molecular complexity index is 739. The highest BCUT2D eigenvalue weighted by molar-refractivity contribution is 6.31. The van der Waals surface area contributed by atoms with Crippen LogP contribution in [-0.2, 0) is 11.3 Å². The van der Waals surface area contributed by atoms with Crippen molar-refractivity contribution in [3.05, 3.63) is 58.9 Å². The summed E-state index contributed by atoms with van der Waals surface area (Å²) in [5, 5.41) is 3.40. The molecular weight excluding hydrogens is 355 g/mol. The number of halogens is 2. The molecule has 1 heterocycles.